The van der Waals surface area contributed by atoms with Gasteiger partial charge in [0.25, 0.3) is 0 Å². The molecular weight excluding hydrogens is 218 g/mol. The van der Waals surface area contributed by atoms with E-state index in [-0.39, 0.29) is 6.42 Å². The molecule has 0 amide bonds. The Kier molecular flexibility index (Phi) is 5.49. The number of hydrogen-bond acceptors (Lipinski definition) is 3. The number of aryl methyl sites for hydroxylation is 1. The second-order valence-electron chi connectivity index (χ2n) is 3.82. The minimum atomic E-state index is -0.785. The summed E-state index contributed by atoms with van der Waals surface area (Å²) in [6, 6.07) is 6.08. The van der Waals surface area contributed by atoms with Gasteiger partial charge in [-0.25, -0.2) is 0 Å². The first-order chi connectivity index (χ1) is 8.17. The zero-order valence-electron chi connectivity index (χ0n) is 10.3. The molecule has 0 bridgehead atoms. The molecule has 0 unspecified atom stereocenters. The molecule has 4 heteroatoms. The summed E-state index contributed by atoms with van der Waals surface area (Å²) in [7, 11) is 1.64. The van der Waals surface area contributed by atoms with Crippen LogP contribution in [0.15, 0.2) is 18.2 Å². The van der Waals surface area contributed by atoms with Gasteiger partial charge in [-0.15, -0.1) is 0 Å². The topological polar surface area (TPSA) is 58.6 Å². The van der Waals surface area contributed by atoms with Gasteiger partial charge in [0.1, 0.15) is 5.75 Å². The Morgan fingerprint density at radius 1 is 1.47 bits per heavy atom. The normalized spacial score (nSPS) is 10.2. The molecule has 0 saturated heterocycles. The monoisotopic (exact) mass is 237 g/mol. The fraction of sp³-hybridized carbons (Fsp3) is 0.462. The molecule has 0 atom stereocenters. The number of nitrogens with one attached hydrogen (secondary N) is 1. The summed E-state index contributed by atoms with van der Waals surface area (Å²) in [5.41, 5.74) is 2.32. The van der Waals surface area contributed by atoms with Crippen LogP contribution in [0, 0.1) is 0 Å². The summed E-state index contributed by atoms with van der Waals surface area (Å²) >= 11 is 0. The summed E-state index contributed by atoms with van der Waals surface area (Å²) in [6.07, 6.45) is 1.11. The summed E-state index contributed by atoms with van der Waals surface area (Å²) in [6.45, 7) is 3.20. The Labute approximate surface area is 102 Å². The number of carboxylic acid groups (broad SMARTS) is 1. The number of carbonyl (C=O) groups is 1. The number of hydrogen-bond donors (Lipinski definition) is 2. The summed E-state index contributed by atoms with van der Waals surface area (Å²) in [5.74, 6) is 0.0526. The number of carboxylic acids is 1. The van der Waals surface area contributed by atoms with Crippen molar-refractivity contribution < 1.29 is 14.6 Å². The Balaban J connectivity index is 2.58. The minimum absolute atomic E-state index is 0.135. The highest BCUT2D eigenvalue weighted by Crippen LogP contribution is 2.19. The molecule has 1 rings (SSSR count). The van der Waals surface area contributed by atoms with Crippen LogP contribution < -0.4 is 10.1 Å². The van der Waals surface area contributed by atoms with Crippen molar-refractivity contribution in [2.24, 2.45) is 0 Å². The Bertz CT molecular complexity index is 377. The molecule has 0 aliphatic heterocycles. The molecule has 0 heterocycles. The maximum absolute atomic E-state index is 10.4. The van der Waals surface area contributed by atoms with Crippen molar-refractivity contribution in [3.8, 4) is 5.75 Å². The fourth-order valence-electron chi connectivity index (χ4n) is 1.61. The van der Waals surface area contributed by atoms with Gasteiger partial charge in [0.2, 0.25) is 0 Å². The van der Waals surface area contributed by atoms with Crippen molar-refractivity contribution >= 4 is 5.97 Å². The van der Waals surface area contributed by atoms with Crippen LogP contribution in [0.2, 0.25) is 0 Å². The molecule has 1 aromatic rings. The highest BCUT2D eigenvalue weighted by Gasteiger charge is 2.04. The lowest BCUT2D eigenvalue weighted by Gasteiger charge is -2.10. The van der Waals surface area contributed by atoms with Gasteiger partial charge in [0.05, 0.1) is 13.5 Å². The Hall–Kier alpha value is -1.55. The standard InChI is InChI=1S/C13H19NO3/c1-3-10-4-5-12(17-2)11(8-10)9-14-7-6-13(15)16/h4-5,8,14H,3,6-7,9H2,1-2H3,(H,15,16). The zero-order valence-corrected chi connectivity index (χ0v) is 10.3. The largest absolute Gasteiger partial charge is 0.496 e. The summed E-state index contributed by atoms with van der Waals surface area (Å²) in [5, 5.41) is 11.6. The highest BCUT2D eigenvalue weighted by molar-refractivity contribution is 5.66. The second-order valence-corrected chi connectivity index (χ2v) is 3.82. The lowest BCUT2D eigenvalue weighted by molar-refractivity contribution is -0.136. The van der Waals surface area contributed by atoms with E-state index < -0.39 is 5.97 Å². The van der Waals surface area contributed by atoms with Crippen LogP contribution in [-0.2, 0) is 17.8 Å². The van der Waals surface area contributed by atoms with Gasteiger partial charge in [0, 0.05) is 18.7 Å². The van der Waals surface area contributed by atoms with Crippen molar-refractivity contribution in [2.75, 3.05) is 13.7 Å². The first-order valence-electron chi connectivity index (χ1n) is 5.75. The van der Waals surface area contributed by atoms with E-state index >= 15 is 0 Å². The number of rotatable bonds is 7. The van der Waals surface area contributed by atoms with Crippen molar-refractivity contribution in [1.29, 1.82) is 0 Å². The molecule has 17 heavy (non-hydrogen) atoms. The van der Waals surface area contributed by atoms with Crippen molar-refractivity contribution in [3.63, 3.8) is 0 Å². The molecule has 4 nitrogen and oxygen atoms in total. The second kappa shape index (κ2) is 6.91. The lowest BCUT2D eigenvalue weighted by atomic mass is 10.1. The number of ether oxygens (including phenoxy) is 1. The van der Waals surface area contributed by atoms with Gasteiger partial charge < -0.3 is 15.2 Å². The van der Waals surface area contributed by atoms with E-state index in [4.69, 9.17) is 9.84 Å². The van der Waals surface area contributed by atoms with Crippen LogP contribution in [0.3, 0.4) is 0 Å². The van der Waals surface area contributed by atoms with Gasteiger partial charge in [-0.2, -0.15) is 0 Å². The molecule has 0 saturated carbocycles. The average molecular weight is 237 g/mol. The molecule has 0 fully saturated rings. The first-order valence-corrected chi connectivity index (χ1v) is 5.75. The molecule has 0 aliphatic rings. The average Bonchev–Trinajstić information content (AvgIpc) is 2.34. The Morgan fingerprint density at radius 2 is 2.24 bits per heavy atom. The quantitative estimate of drug-likeness (QED) is 0.710. The van der Waals surface area contributed by atoms with Crippen LogP contribution in [0.1, 0.15) is 24.5 Å². The number of aliphatic carboxylic acids is 1. The predicted octanol–water partition coefficient (Wildman–Crippen LogP) is 1.82. The van der Waals surface area contributed by atoms with Crippen molar-refractivity contribution in [1.82, 2.24) is 5.32 Å². The molecule has 1 aromatic carbocycles. The molecule has 94 valence electrons. The molecule has 0 aliphatic carbocycles. The van der Waals surface area contributed by atoms with Crippen LogP contribution in [0.25, 0.3) is 0 Å². The van der Waals surface area contributed by atoms with E-state index in [1.54, 1.807) is 7.11 Å². The minimum Gasteiger partial charge on any atom is -0.496 e. The van der Waals surface area contributed by atoms with Gasteiger partial charge in [-0.05, 0) is 18.1 Å². The van der Waals surface area contributed by atoms with E-state index in [0.717, 1.165) is 17.7 Å². The molecule has 0 spiro atoms. The number of methoxy groups -OCH3 is 1. The van der Waals surface area contributed by atoms with Crippen LogP contribution in [-0.4, -0.2) is 24.7 Å². The van der Waals surface area contributed by atoms with E-state index in [0.29, 0.717) is 13.1 Å². The van der Waals surface area contributed by atoms with Crippen molar-refractivity contribution in [3.05, 3.63) is 29.3 Å². The third-order valence-corrected chi connectivity index (χ3v) is 2.58. The molecule has 0 radical (unpaired) electrons. The van der Waals surface area contributed by atoms with E-state index in [2.05, 4.69) is 18.3 Å². The fourth-order valence-corrected chi connectivity index (χ4v) is 1.61. The highest BCUT2D eigenvalue weighted by atomic mass is 16.5. The summed E-state index contributed by atoms with van der Waals surface area (Å²) in [4.78, 5) is 10.4. The van der Waals surface area contributed by atoms with E-state index in [1.165, 1.54) is 5.56 Å². The van der Waals surface area contributed by atoms with Gasteiger partial charge in [-0.1, -0.05) is 19.1 Å². The summed E-state index contributed by atoms with van der Waals surface area (Å²) < 4.78 is 5.27. The first kappa shape index (κ1) is 13.5. The van der Waals surface area contributed by atoms with Gasteiger partial charge in [0.15, 0.2) is 0 Å². The van der Waals surface area contributed by atoms with Gasteiger partial charge >= 0.3 is 5.97 Å². The van der Waals surface area contributed by atoms with E-state index in [1.807, 2.05) is 12.1 Å². The van der Waals surface area contributed by atoms with Crippen LogP contribution in [0.4, 0.5) is 0 Å². The zero-order chi connectivity index (χ0) is 12.7. The number of benzene rings is 1. The third kappa shape index (κ3) is 4.44. The smallest absolute Gasteiger partial charge is 0.304 e. The third-order valence-electron chi connectivity index (χ3n) is 2.58. The molecule has 0 aromatic heterocycles. The molecular formula is C13H19NO3. The molecule has 2 N–H and O–H groups in total. The van der Waals surface area contributed by atoms with Crippen molar-refractivity contribution in [2.45, 2.75) is 26.3 Å². The SMILES string of the molecule is CCc1ccc(OC)c(CNCCC(=O)O)c1. The maximum Gasteiger partial charge on any atom is 0.304 e. The van der Waals surface area contributed by atoms with Crippen LogP contribution >= 0.6 is 0 Å². The Morgan fingerprint density at radius 3 is 2.82 bits per heavy atom. The van der Waals surface area contributed by atoms with Crippen LogP contribution in [0.5, 0.6) is 5.75 Å². The predicted molar refractivity (Wildman–Crippen MR) is 66.3 cm³/mol. The van der Waals surface area contributed by atoms with E-state index in [9.17, 15) is 4.79 Å². The van der Waals surface area contributed by atoms with Gasteiger partial charge in [-0.3, -0.25) is 4.79 Å². The lowest BCUT2D eigenvalue weighted by Crippen LogP contribution is -2.18. The maximum atomic E-state index is 10.4.